The molecule has 0 aliphatic carbocycles. The molecular formula is C17H16ClFN4O5. The van der Waals surface area contributed by atoms with Crippen LogP contribution in [0.25, 0.3) is 11.0 Å². The quantitative estimate of drug-likeness (QED) is 0.320. The van der Waals surface area contributed by atoms with E-state index in [4.69, 9.17) is 21.5 Å². The predicted molar refractivity (Wildman–Crippen MR) is 93.7 cm³/mol. The Kier molecular flexibility index (Phi) is 4.81. The largest absolute Gasteiger partial charge is 0.409 e. The summed E-state index contributed by atoms with van der Waals surface area (Å²) in [5.74, 6) is -0.765. The van der Waals surface area contributed by atoms with Crippen molar-refractivity contribution < 1.29 is 29.7 Å². The van der Waals surface area contributed by atoms with Crippen LogP contribution in [0.4, 0.5) is 4.39 Å². The summed E-state index contributed by atoms with van der Waals surface area (Å²) in [6.45, 7) is 0. The number of aliphatic hydroxyl groups is 3. The Bertz CT molecular complexity index is 1070. The number of nitrogens with zero attached hydrogens (tertiary/aromatic N) is 3. The van der Waals surface area contributed by atoms with Gasteiger partial charge < -0.3 is 34.8 Å². The fourth-order valence-corrected chi connectivity index (χ4v) is 3.50. The van der Waals surface area contributed by atoms with Gasteiger partial charge in [0.2, 0.25) is 5.49 Å². The van der Waals surface area contributed by atoms with Crippen LogP contribution >= 0.6 is 11.6 Å². The Morgan fingerprint density at radius 3 is 2.64 bits per heavy atom. The molecule has 3 aromatic rings. The number of aromatic amines is 1. The molecule has 1 aliphatic heterocycles. The minimum atomic E-state index is -1.46. The molecule has 148 valence electrons. The van der Waals surface area contributed by atoms with Crippen LogP contribution in [0.15, 0.2) is 41.9 Å². The van der Waals surface area contributed by atoms with Gasteiger partial charge in [0.25, 0.3) is 0 Å². The topological polar surface area (TPSA) is 136 Å². The van der Waals surface area contributed by atoms with Crippen LogP contribution in [0.3, 0.4) is 0 Å². The Hall–Kier alpha value is -2.50. The van der Waals surface area contributed by atoms with Crippen molar-refractivity contribution >= 4 is 22.6 Å². The molecule has 1 saturated heterocycles. The van der Waals surface area contributed by atoms with E-state index in [1.165, 1.54) is 10.9 Å². The van der Waals surface area contributed by atoms with Gasteiger partial charge in [-0.1, -0.05) is 28.9 Å². The van der Waals surface area contributed by atoms with Crippen molar-refractivity contribution in [2.24, 2.45) is 5.16 Å². The number of nitrogens with one attached hydrogen (secondary N) is 1. The zero-order valence-electron chi connectivity index (χ0n) is 14.1. The summed E-state index contributed by atoms with van der Waals surface area (Å²) in [5.41, 5.74) is 0.302. The van der Waals surface area contributed by atoms with Crippen molar-refractivity contribution in [3.63, 3.8) is 0 Å². The van der Waals surface area contributed by atoms with Gasteiger partial charge in [0.1, 0.15) is 35.4 Å². The van der Waals surface area contributed by atoms with Crippen LogP contribution in [-0.4, -0.2) is 53.4 Å². The van der Waals surface area contributed by atoms with E-state index in [0.717, 1.165) is 6.20 Å². The second kappa shape index (κ2) is 7.15. The van der Waals surface area contributed by atoms with Gasteiger partial charge in [-0.3, -0.25) is 0 Å². The summed E-state index contributed by atoms with van der Waals surface area (Å²) in [6, 6.07) is 6.29. The van der Waals surface area contributed by atoms with E-state index >= 15 is 0 Å². The van der Waals surface area contributed by atoms with E-state index in [-0.39, 0.29) is 16.5 Å². The molecule has 0 spiro atoms. The molecule has 9 nitrogen and oxygen atoms in total. The smallest absolute Gasteiger partial charge is 0.206 e. The minimum Gasteiger partial charge on any atom is -0.409 e. The first-order valence-electron chi connectivity index (χ1n) is 8.29. The van der Waals surface area contributed by atoms with E-state index in [9.17, 15) is 19.7 Å². The normalized spacial score (nSPS) is 26.8. The van der Waals surface area contributed by atoms with Crippen molar-refractivity contribution in [1.82, 2.24) is 14.5 Å². The van der Waals surface area contributed by atoms with Gasteiger partial charge in [-0.05, 0) is 17.7 Å². The molecule has 28 heavy (non-hydrogen) atoms. The maximum absolute atomic E-state index is 14.4. The molecule has 11 heteroatoms. The highest BCUT2D eigenvalue weighted by Crippen LogP contribution is 2.37. The molecule has 2 aromatic heterocycles. The van der Waals surface area contributed by atoms with Crippen molar-refractivity contribution in [3.05, 3.63) is 58.7 Å². The fourth-order valence-electron chi connectivity index (χ4n) is 3.37. The van der Waals surface area contributed by atoms with E-state index in [1.807, 2.05) is 0 Å². The van der Waals surface area contributed by atoms with E-state index in [2.05, 4.69) is 15.1 Å². The van der Waals surface area contributed by atoms with E-state index in [0.29, 0.717) is 10.6 Å². The lowest BCUT2D eigenvalue weighted by Gasteiger charge is -2.21. The van der Waals surface area contributed by atoms with E-state index in [1.54, 1.807) is 24.3 Å². The second-order valence-corrected chi connectivity index (χ2v) is 6.84. The van der Waals surface area contributed by atoms with Crippen LogP contribution < -0.4 is 5.49 Å². The molecule has 1 aliphatic rings. The Morgan fingerprint density at radius 2 is 1.96 bits per heavy atom. The maximum atomic E-state index is 14.4. The number of halogens is 2. The third-order valence-electron chi connectivity index (χ3n) is 4.76. The van der Waals surface area contributed by atoms with Gasteiger partial charge >= 0.3 is 0 Å². The number of hydrogen-bond donors (Lipinski definition) is 5. The summed E-state index contributed by atoms with van der Waals surface area (Å²) in [7, 11) is 0. The summed E-state index contributed by atoms with van der Waals surface area (Å²) >= 11 is 5.84. The number of hydrogen-bond acceptors (Lipinski definition) is 7. The zero-order valence-corrected chi connectivity index (χ0v) is 14.9. The number of aliphatic hydroxyl groups excluding tert-OH is 3. The maximum Gasteiger partial charge on any atom is 0.206 e. The molecule has 5 atom stereocenters. The number of rotatable bonds is 3. The predicted octanol–water partition coefficient (Wildman–Crippen LogP) is 0.800. The molecule has 4 rings (SSSR count). The van der Waals surface area contributed by atoms with Crippen molar-refractivity contribution in [1.29, 1.82) is 0 Å². The molecule has 3 heterocycles. The third-order valence-corrected chi connectivity index (χ3v) is 5.02. The SMILES string of the molecule is ON=c1nc[nH]c2c1c(F)cn2[C@@H]1O[C@H](C(O)c2ccc(Cl)cc2)[C@@H](O)[C@H]1O. The number of benzene rings is 1. The van der Waals surface area contributed by atoms with Crippen LogP contribution in [-0.2, 0) is 4.74 Å². The summed E-state index contributed by atoms with van der Waals surface area (Å²) in [6.07, 6.45) is -4.34. The summed E-state index contributed by atoms with van der Waals surface area (Å²) in [5, 5.41) is 43.7. The molecule has 1 aromatic carbocycles. The van der Waals surface area contributed by atoms with Gasteiger partial charge in [-0.15, -0.1) is 0 Å². The average Bonchev–Trinajstić information content (AvgIpc) is 3.19. The van der Waals surface area contributed by atoms with Crippen molar-refractivity contribution in [2.75, 3.05) is 0 Å². The van der Waals surface area contributed by atoms with Crippen LogP contribution in [0, 0.1) is 5.82 Å². The first-order valence-corrected chi connectivity index (χ1v) is 8.67. The molecule has 0 amide bonds. The summed E-state index contributed by atoms with van der Waals surface area (Å²) < 4.78 is 21.3. The van der Waals surface area contributed by atoms with Crippen LogP contribution in [0.5, 0.6) is 0 Å². The van der Waals surface area contributed by atoms with Gasteiger partial charge in [-0.25, -0.2) is 9.37 Å². The Labute approximate surface area is 161 Å². The highest BCUT2D eigenvalue weighted by molar-refractivity contribution is 6.30. The van der Waals surface area contributed by atoms with Crippen LogP contribution in [0.2, 0.25) is 5.02 Å². The number of ether oxygens (including phenoxy) is 1. The Balaban J connectivity index is 1.71. The molecular weight excluding hydrogens is 395 g/mol. The lowest BCUT2D eigenvalue weighted by Crippen LogP contribution is -2.34. The second-order valence-electron chi connectivity index (χ2n) is 6.40. The highest BCUT2D eigenvalue weighted by Gasteiger charge is 2.47. The van der Waals surface area contributed by atoms with Crippen molar-refractivity contribution in [2.45, 2.75) is 30.6 Å². The monoisotopic (exact) mass is 410 g/mol. The molecule has 5 N–H and O–H groups in total. The molecule has 0 bridgehead atoms. The summed E-state index contributed by atoms with van der Waals surface area (Å²) in [4.78, 5) is 6.42. The average molecular weight is 411 g/mol. The number of H-pyrrole nitrogens is 1. The zero-order chi connectivity index (χ0) is 20.0. The minimum absolute atomic E-state index is 0.114. The number of aromatic nitrogens is 3. The van der Waals surface area contributed by atoms with Gasteiger partial charge in [0.15, 0.2) is 12.0 Å². The lowest BCUT2D eigenvalue weighted by molar-refractivity contribution is -0.0849. The first-order chi connectivity index (χ1) is 13.4. The Morgan fingerprint density at radius 1 is 1.25 bits per heavy atom. The van der Waals surface area contributed by atoms with Crippen molar-refractivity contribution in [3.8, 4) is 0 Å². The third kappa shape index (κ3) is 2.95. The fraction of sp³-hybridized carbons (Fsp3) is 0.294. The lowest BCUT2D eigenvalue weighted by atomic mass is 9.99. The molecule has 1 fully saturated rings. The molecule has 0 radical (unpaired) electrons. The first kappa shape index (κ1) is 18.8. The highest BCUT2D eigenvalue weighted by atomic mass is 35.5. The molecule has 1 unspecified atom stereocenters. The van der Waals surface area contributed by atoms with Gasteiger partial charge in [0, 0.05) is 11.2 Å². The van der Waals surface area contributed by atoms with E-state index < -0.39 is 36.5 Å². The number of fused-ring (bicyclic) bond motifs is 1. The van der Waals surface area contributed by atoms with Gasteiger partial charge in [0.05, 0.1) is 6.33 Å². The molecule has 0 saturated carbocycles. The van der Waals surface area contributed by atoms with Crippen LogP contribution in [0.1, 0.15) is 17.9 Å². The standard InChI is InChI=1S/C17H16ClFN4O5/c18-8-3-1-7(2-4-8)11(24)14-12(25)13(26)17(28-14)23-5-9(19)10-15(22-27)20-6-21-16(10)23/h1-6,11-14,17,24-27H,(H,20,21,22)/t11?,12-,13+,14+,17+/m0/s1. The van der Waals surface area contributed by atoms with Gasteiger partial charge in [-0.2, -0.15) is 0 Å².